The second-order valence-electron chi connectivity index (χ2n) is 6.09. The molecular formula is C16H20BrNO2S. The summed E-state index contributed by atoms with van der Waals surface area (Å²) in [6.07, 6.45) is 5.80. The number of rotatable bonds is 2. The predicted octanol–water partition coefficient (Wildman–Crippen LogP) is 4.18. The number of hydrogen-bond acceptors (Lipinski definition) is 3. The second-order valence-corrected chi connectivity index (χ2v) is 8.46. The van der Waals surface area contributed by atoms with E-state index in [2.05, 4.69) is 15.9 Å². The highest BCUT2D eigenvalue weighted by atomic mass is 79.9. The highest BCUT2D eigenvalue weighted by Gasteiger charge is 2.39. The van der Waals surface area contributed by atoms with Crippen molar-refractivity contribution in [2.45, 2.75) is 51.5 Å². The van der Waals surface area contributed by atoms with Gasteiger partial charge in [0.2, 0.25) is 0 Å². The summed E-state index contributed by atoms with van der Waals surface area (Å²) in [6.45, 7) is 2.80. The molecule has 3 rings (SSSR count). The fraction of sp³-hybridized carbons (Fsp3) is 0.625. The van der Waals surface area contributed by atoms with Gasteiger partial charge >= 0.3 is 0 Å². The Balaban J connectivity index is 1.80. The number of carbonyl (C=O) groups excluding carboxylic acids is 2. The molecule has 2 unspecified atom stereocenters. The molecule has 21 heavy (non-hydrogen) atoms. The first kappa shape index (κ1) is 15.2. The Morgan fingerprint density at radius 3 is 2.81 bits per heavy atom. The zero-order valence-electron chi connectivity index (χ0n) is 12.2. The molecule has 0 N–H and O–H groups in total. The maximum Gasteiger partial charge on any atom is 0.264 e. The molecule has 5 heteroatoms. The number of amides is 1. The normalized spacial score (nSPS) is 26.4. The van der Waals surface area contributed by atoms with Crippen LogP contribution in [0.2, 0.25) is 0 Å². The molecular weight excluding hydrogens is 350 g/mol. The third-order valence-corrected chi connectivity index (χ3v) is 6.82. The Kier molecular flexibility index (Phi) is 4.50. The van der Waals surface area contributed by atoms with Crippen molar-refractivity contribution >= 4 is 39.0 Å². The zero-order chi connectivity index (χ0) is 15.0. The minimum absolute atomic E-state index is 0.0784. The van der Waals surface area contributed by atoms with E-state index in [9.17, 15) is 9.59 Å². The fourth-order valence-electron chi connectivity index (χ4n) is 3.59. The Morgan fingerprint density at radius 1 is 1.33 bits per heavy atom. The molecule has 2 atom stereocenters. The first-order valence-corrected chi connectivity index (χ1v) is 9.28. The number of hydrogen-bond donors (Lipinski definition) is 0. The first-order valence-electron chi connectivity index (χ1n) is 7.67. The summed E-state index contributed by atoms with van der Waals surface area (Å²) in [5.74, 6) is 0.555. The van der Waals surface area contributed by atoms with E-state index in [1.807, 2.05) is 17.9 Å². The van der Waals surface area contributed by atoms with E-state index in [-0.39, 0.29) is 17.9 Å². The van der Waals surface area contributed by atoms with Gasteiger partial charge in [-0.05, 0) is 60.2 Å². The topological polar surface area (TPSA) is 37.4 Å². The average Bonchev–Trinajstić information content (AvgIpc) is 3.06. The monoisotopic (exact) mass is 369 g/mol. The molecule has 2 aliphatic rings. The molecule has 1 aliphatic carbocycles. The lowest BCUT2D eigenvalue weighted by molar-refractivity contribution is -0.126. The standard InChI is InChI=1S/C16H20BrNO2S/c1-10-9-14(21-15(10)17)16(20)18-8-4-6-12(18)11-5-2-3-7-13(11)19/h9,11-12H,2-8H2,1H3. The predicted molar refractivity (Wildman–Crippen MR) is 87.8 cm³/mol. The molecule has 0 radical (unpaired) electrons. The average molecular weight is 370 g/mol. The molecule has 2 heterocycles. The molecule has 0 spiro atoms. The van der Waals surface area contributed by atoms with Crippen molar-refractivity contribution in [1.82, 2.24) is 4.90 Å². The van der Waals surface area contributed by atoms with Gasteiger partial charge in [-0.2, -0.15) is 0 Å². The Morgan fingerprint density at radius 2 is 2.14 bits per heavy atom. The molecule has 0 aromatic carbocycles. The molecule has 3 nitrogen and oxygen atoms in total. The third-order valence-electron chi connectivity index (χ3n) is 4.69. The van der Waals surface area contributed by atoms with Crippen LogP contribution >= 0.6 is 27.3 Å². The number of carbonyl (C=O) groups is 2. The van der Waals surface area contributed by atoms with E-state index in [0.29, 0.717) is 12.2 Å². The molecule has 0 bridgehead atoms. The van der Waals surface area contributed by atoms with Crippen molar-refractivity contribution in [1.29, 1.82) is 0 Å². The molecule has 1 aliphatic heterocycles. The maximum atomic E-state index is 12.8. The summed E-state index contributed by atoms with van der Waals surface area (Å²) in [4.78, 5) is 27.7. The minimum Gasteiger partial charge on any atom is -0.334 e. The van der Waals surface area contributed by atoms with Crippen molar-refractivity contribution in [3.8, 4) is 0 Å². The fourth-order valence-corrected chi connectivity index (χ4v) is 5.08. The van der Waals surface area contributed by atoms with E-state index in [4.69, 9.17) is 0 Å². The molecule has 1 amide bonds. The number of Topliss-reactive ketones (excluding diaryl/α,β-unsaturated/α-hetero) is 1. The Hall–Kier alpha value is -0.680. The quantitative estimate of drug-likeness (QED) is 0.783. The van der Waals surface area contributed by atoms with Gasteiger partial charge in [0.05, 0.1) is 8.66 Å². The highest BCUT2D eigenvalue weighted by molar-refractivity contribution is 9.11. The summed E-state index contributed by atoms with van der Waals surface area (Å²) in [5, 5.41) is 0. The van der Waals surface area contributed by atoms with Gasteiger partial charge in [0.15, 0.2) is 0 Å². The lowest BCUT2D eigenvalue weighted by atomic mass is 9.82. The molecule has 1 saturated carbocycles. The van der Waals surface area contributed by atoms with Crippen LogP contribution in [0.25, 0.3) is 0 Å². The van der Waals surface area contributed by atoms with Gasteiger partial charge < -0.3 is 4.90 Å². The summed E-state index contributed by atoms with van der Waals surface area (Å²) in [7, 11) is 0. The van der Waals surface area contributed by atoms with Crippen molar-refractivity contribution < 1.29 is 9.59 Å². The summed E-state index contributed by atoms with van der Waals surface area (Å²) in [5.41, 5.74) is 1.10. The molecule has 1 aromatic heterocycles. The van der Waals surface area contributed by atoms with Gasteiger partial charge in [0, 0.05) is 24.9 Å². The summed E-state index contributed by atoms with van der Waals surface area (Å²) >= 11 is 4.99. The number of thiophene rings is 1. The zero-order valence-corrected chi connectivity index (χ0v) is 14.6. The van der Waals surface area contributed by atoms with Gasteiger partial charge in [0.25, 0.3) is 5.91 Å². The number of halogens is 1. The summed E-state index contributed by atoms with van der Waals surface area (Å²) in [6, 6.07) is 2.08. The smallest absolute Gasteiger partial charge is 0.264 e. The van der Waals surface area contributed by atoms with Gasteiger partial charge in [0.1, 0.15) is 5.78 Å². The van der Waals surface area contributed by atoms with Crippen molar-refractivity contribution in [3.05, 3.63) is 20.3 Å². The van der Waals surface area contributed by atoms with Gasteiger partial charge in [-0.25, -0.2) is 0 Å². The largest absolute Gasteiger partial charge is 0.334 e. The van der Waals surface area contributed by atoms with Crippen LogP contribution in [0, 0.1) is 12.8 Å². The van der Waals surface area contributed by atoms with E-state index in [0.717, 1.165) is 52.9 Å². The van der Waals surface area contributed by atoms with Crippen molar-refractivity contribution in [3.63, 3.8) is 0 Å². The van der Waals surface area contributed by atoms with Crippen LogP contribution in [0.15, 0.2) is 9.85 Å². The Bertz CT molecular complexity index is 549. The third kappa shape index (κ3) is 2.95. The van der Waals surface area contributed by atoms with Gasteiger partial charge in [-0.3, -0.25) is 9.59 Å². The number of aryl methyl sites for hydroxylation is 1. The van der Waals surface area contributed by atoms with Crippen LogP contribution in [0.3, 0.4) is 0 Å². The molecule has 2 fully saturated rings. The first-order chi connectivity index (χ1) is 10.1. The maximum absolute atomic E-state index is 12.8. The van der Waals surface area contributed by atoms with Crippen LogP contribution in [-0.4, -0.2) is 29.2 Å². The number of nitrogens with zero attached hydrogens (tertiary/aromatic N) is 1. The van der Waals surface area contributed by atoms with Crippen LogP contribution in [-0.2, 0) is 4.79 Å². The van der Waals surface area contributed by atoms with Crippen LogP contribution in [0.1, 0.15) is 53.8 Å². The summed E-state index contributed by atoms with van der Waals surface area (Å²) < 4.78 is 1.02. The van der Waals surface area contributed by atoms with Crippen molar-refractivity contribution in [2.75, 3.05) is 6.54 Å². The van der Waals surface area contributed by atoms with E-state index in [1.54, 1.807) is 0 Å². The van der Waals surface area contributed by atoms with E-state index in [1.165, 1.54) is 11.3 Å². The highest BCUT2D eigenvalue weighted by Crippen LogP contribution is 2.35. The number of ketones is 1. The number of likely N-dealkylation sites (tertiary alicyclic amines) is 1. The van der Waals surface area contributed by atoms with Crippen LogP contribution in [0.4, 0.5) is 0 Å². The molecule has 1 aromatic rings. The molecule has 114 valence electrons. The minimum atomic E-state index is 0.0784. The molecule has 1 saturated heterocycles. The lowest BCUT2D eigenvalue weighted by Gasteiger charge is -2.32. The van der Waals surface area contributed by atoms with E-state index >= 15 is 0 Å². The van der Waals surface area contributed by atoms with E-state index < -0.39 is 0 Å². The van der Waals surface area contributed by atoms with Gasteiger partial charge in [-0.1, -0.05) is 6.42 Å². The van der Waals surface area contributed by atoms with Crippen molar-refractivity contribution in [2.24, 2.45) is 5.92 Å². The SMILES string of the molecule is Cc1cc(C(=O)N2CCCC2C2CCCCC2=O)sc1Br. The lowest BCUT2D eigenvalue weighted by Crippen LogP contribution is -2.43. The second kappa shape index (κ2) is 6.21. The van der Waals surface area contributed by atoms with Crippen LogP contribution in [0.5, 0.6) is 0 Å². The van der Waals surface area contributed by atoms with Gasteiger partial charge in [-0.15, -0.1) is 11.3 Å². The van der Waals surface area contributed by atoms with Crippen LogP contribution < -0.4 is 0 Å². The Labute approximate surface area is 137 Å².